The van der Waals surface area contributed by atoms with Gasteiger partial charge in [0.05, 0.1) is 5.69 Å². The normalized spacial score (nSPS) is 12.0. The zero-order valence-electron chi connectivity index (χ0n) is 13.5. The van der Waals surface area contributed by atoms with Gasteiger partial charge in [0.2, 0.25) is 6.29 Å². The molecule has 0 amide bonds. The van der Waals surface area contributed by atoms with E-state index in [0.717, 1.165) is 22.5 Å². The summed E-state index contributed by atoms with van der Waals surface area (Å²) in [5.41, 5.74) is 4.38. The minimum Gasteiger partial charge on any atom is -0.240 e. The molecule has 3 nitrogen and oxygen atoms in total. The van der Waals surface area contributed by atoms with Crippen molar-refractivity contribution in [3.8, 4) is 11.3 Å². The first-order valence-electron chi connectivity index (χ1n) is 7.77. The van der Waals surface area contributed by atoms with E-state index in [2.05, 4.69) is 9.98 Å². The molecule has 118 valence electrons. The van der Waals surface area contributed by atoms with Crippen LogP contribution in [0, 0.1) is 0 Å². The third-order valence-electron chi connectivity index (χ3n) is 3.69. The summed E-state index contributed by atoms with van der Waals surface area (Å²) in [7, 11) is -1.65. The molecule has 0 aliphatic heterocycles. The van der Waals surface area contributed by atoms with E-state index < -0.39 is 7.80 Å². The summed E-state index contributed by atoms with van der Waals surface area (Å²) < 4.78 is 12.5. The lowest BCUT2D eigenvalue weighted by Gasteiger charge is -1.99. The Morgan fingerprint density at radius 1 is 0.917 bits per heavy atom. The minimum absolute atomic E-state index is 0.251. The van der Waals surface area contributed by atoms with Crippen LogP contribution < -0.4 is 5.44 Å². The van der Waals surface area contributed by atoms with Gasteiger partial charge in [0.15, 0.2) is 0 Å². The number of hydrogen-bond acceptors (Lipinski definition) is 3. The molecule has 3 rings (SSSR count). The molecule has 0 saturated carbocycles. The van der Waals surface area contributed by atoms with E-state index in [1.165, 1.54) is 0 Å². The Hall–Kier alpha value is -2.64. The molecule has 4 heteroatoms. The van der Waals surface area contributed by atoms with Gasteiger partial charge in [-0.3, -0.25) is 0 Å². The van der Waals surface area contributed by atoms with E-state index in [9.17, 15) is 4.57 Å². The lowest BCUT2D eigenvalue weighted by molar-refractivity contribution is 0.593. The molecule has 0 bridgehead atoms. The van der Waals surface area contributed by atoms with Gasteiger partial charge in [0.25, 0.3) is 5.44 Å². The average Bonchev–Trinajstić information content (AvgIpc) is 2.67. The Balaban J connectivity index is 1.76. The fourth-order valence-electron chi connectivity index (χ4n) is 2.35. The Morgan fingerprint density at radius 2 is 1.58 bits per heavy atom. The largest absolute Gasteiger partial charge is 0.420 e. The van der Waals surface area contributed by atoms with Crippen LogP contribution >= 0.6 is 7.80 Å². The summed E-state index contributed by atoms with van der Waals surface area (Å²) in [6, 6.07) is 25.4. The maximum Gasteiger partial charge on any atom is 0.420 e. The molecule has 1 aromatic heterocycles. The second kappa shape index (κ2) is 7.76. The highest BCUT2D eigenvalue weighted by molar-refractivity contribution is 7.53. The molecule has 0 aliphatic rings. The Labute approximate surface area is 142 Å². The number of hydrogen-bond donors (Lipinski definition) is 0. The Kier molecular flexibility index (Phi) is 5.25. The molecule has 1 unspecified atom stereocenters. The summed E-state index contributed by atoms with van der Waals surface area (Å²) in [6.45, 7) is 1.94. The molecule has 0 radical (unpaired) electrons. The zero-order chi connectivity index (χ0) is 16.8. The summed E-state index contributed by atoms with van der Waals surface area (Å²) in [4.78, 5) is 9.01. The van der Waals surface area contributed by atoms with Crippen LogP contribution in [0.25, 0.3) is 11.3 Å². The van der Waals surface area contributed by atoms with Crippen molar-refractivity contribution in [2.75, 3.05) is 6.29 Å². The number of aliphatic imine (C=N–C) groups is 1. The minimum atomic E-state index is -1.65. The van der Waals surface area contributed by atoms with Crippen molar-refractivity contribution in [2.24, 2.45) is 4.99 Å². The number of rotatable bonds is 5. The molecular formula is C20H18N2OP+. The van der Waals surface area contributed by atoms with E-state index >= 15 is 0 Å². The van der Waals surface area contributed by atoms with E-state index in [1.54, 1.807) is 6.07 Å². The van der Waals surface area contributed by atoms with Crippen LogP contribution in [-0.4, -0.2) is 17.0 Å². The van der Waals surface area contributed by atoms with Gasteiger partial charge in [0, 0.05) is 17.3 Å². The van der Waals surface area contributed by atoms with Crippen molar-refractivity contribution in [1.82, 2.24) is 4.98 Å². The van der Waals surface area contributed by atoms with Gasteiger partial charge in [-0.25, -0.2) is 9.98 Å². The van der Waals surface area contributed by atoms with Crippen LogP contribution in [0.5, 0.6) is 0 Å². The van der Waals surface area contributed by atoms with E-state index in [1.807, 2.05) is 79.7 Å². The highest BCUT2D eigenvalue weighted by Gasteiger charge is 2.21. The first-order chi connectivity index (χ1) is 11.7. The van der Waals surface area contributed by atoms with Crippen molar-refractivity contribution >= 4 is 18.9 Å². The average molecular weight is 333 g/mol. The van der Waals surface area contributed by atoms with Crippen LogP contribution in [0.4, 0.5) is 0 Å². The van der Waals surface area contributed by atoms with Crippen LogP contribution in [0.3, 0.4) is 0 Å². The maximum atomic E-state index is 12.5. The quantitative estimate of drug-likeness (QED) is 0.503. The van der Waals surface area contributed by atoms with Gasteiger partial charge in [-0.2, -0.15) is 0 Å². The van der Waals surface area contributed by atoms with Crippen molar-refractivity contribution < 1.29 is 4.57 Å². The third kappa shape index (κ3) is 4.01. The van der Waals surface area contributed by atoms with Crippen LogP contribution in [-0.2, 0) is 4.57 Å². The topological polar surface area (TPSA) is 42.3 Å². The smallest absolute Gasteiger partial charge is 0.240 e. The summed E-state index contributed by atoms with van der Waals surface area (Å²) in [6.07, 6.45) is 0.251. The predicted molar refractivity (Wildman–Crippen MR) is 100 cm³/mol. The molecule has 24 heavy (non-hydrogen) atoms. The van der Waals surface area contributed by atoms with Gasteiger partial charge in [-0.1, -0.05) is 71.3 Å². The second-order valence-electron chi connectivity index (χ2n) is 5.38. The first kappa shape index (κ1) is 16.2. The van der Waals surface area contributed by atoms with Gasteiger partial charge in [-0.15, -0.1) is 0 Å². The van der Waals surface area contributed by atoms with E-state index in [0.29, 0.717) is 5.44 Å². The number of aromatic nitrogens is 1. The van der Waals surface area contributed by atoms with Crippen molar-refractivity contribution in [3.63, 3.8) is 0 Å². The molecule has 3 aromatic rings. The lowest BCUT2D eigenvalue weighted by atomic mass is 10.1. The highest BCUT2D eigenvalue weighted by atomic mass is 31.1. The third-order valence-corrected chi connectivity index (χ3v) is 4.85. The molecule has 0 N–H and O–H groups in total. The fourth-order valence-corrected chi connectivity index (χ4v) is 3.30. The fraction of sp³-hybridized carbons (Fsp3) is 0.100. The summed E-state index contributed by atoms with van der Waals surface area (Å²) >= 11 is 0. The van der Waals surface area contributed by atoms with Gasteiger partial charge < -0.3 is 0 Å². The lowest BCUT2D eigenvalue weighted by Crippen LogP contribution is -2.05. The molecule has 0 aliphatic carbocycles. The molecule has 1 heterocycles. The molecule has 0 saturated heterocycles. The van der Waals surface area contributed by atoms with Crippen molar-refractivity contribution in [2.45, 2.75) is 6.92 Å². The molecule has 0 spiro atoms. The predicted octanol–water partition coefficient (Wildman–Crippen LogP) is 4.67. The van der Waals surface area contributed by atoms with Gasteiger partial charge >= 0.3 is 7.80 Å². The van der Waals surface area contributed by atoms with Gasteiger partial charge in [-0.05, 0) is 18.6 Å². The second-order valence-corrected chi connectivity index (χ2v) is 6.87. The molecule has 2 aromatic carbocycles. The van der Waals surface area contributed by atoms with Gasteiger partial charge in [0.1, 0.15) is 0 Å². The number of nitrogens with zero attached hydrogens (tertiary/aromatic N) is 2. The monoisotopic (exact) mass is 333 g/mol. The highest BCUT2D eigenvalue weighted by Crippen LogP contribution is 2.22. The van der Waals surface area contributed by atoms with Crippen LogP contribution in [0.1, 0.15) is 12.5 Å². The van der Waals surface area contributed by atoms with E-state index in [4.69, 9.17) is 0 Å². The van der Waals surface area contributed by atoms with Crippen LogP contribution in [0.15, 0.2) is 83.9 Å². The molecule has 1 atom stereocenters. The Morgan fingerprint density at radius 3 is 2.29 bits per heavy atom. The van der Waals surface area contributed by atoms with E-state index in [-0.39, 0.29) is 6.29 Å². The maximum absolute atomic E-state index is 12.5. The Bertz CT molecular complexity index is 861. The summed E-state index contributed by atoms with van der Waals surface area (Å²) in [5.74, 6) is 0. The number of pyridine rings is 1. The standard InChI is InChI=1S/C20H18N2OP/c1-16(17-9-4-2-5-10-17)21-15-24(23)20-14-8-13-19(22-20)18-11-6-3-7-12-18/h2-14H,15H2,1H3/q+1. The summed E-state index contributed by atoms with van der Waals surface area (Å²) in [5, 5.41) is 0. The first-order valence-corrected chi connectivity index (χ1v) is 9.22. The molecule has 0 fully saturated rings. The van der Waals surface area contributed by atoms with Crippen LogP contribution in [0.2, 0.25) is 0 Å². The van der Waals surface area contributed by atoms with Crippen molar-refractivity contribution in [1.29, 1.82) is 0 Å². The SMILES string of the molecule is CC(=NC[P+](=O)c1cccc(-c2ccccc2)n1)c1ccccc1. The number of benzene rings is 2. The molecular weight excluding hydrogens is 315 g/mol. The van der Waals surface area contributed by atoms with Crippen molar-refractivity contribution in [3.05, 3.63) is 84.4 Å². The zero-order valence-corrected chi connectivity index (χ0v) is 14.4.